The Balaban J connectivity index is 0.00000289. The van der Waals surface area contributed by atoms with Crippen molar-refractivity contribution in [1.29, 1.82) is 0 Å². The average molecular weight is 277 g/mol. The standard InChI is InChI=1S/C14H28N2O.ClH/c1-14(2,3)9-5-8-13(17)16-12-7-4-6-11(12)10-15;/h11-12H,4-10,15H2,1-3H3,(H,16,17);1H. The molecule has 0 spiro atoms. The van der Waals surface area contributed by atoms with Crippen LogP contribution in [0.25, 0.3) is 0 Å². The molecule has 2 unspecified atom stereocenters. The van der Waals surface area contributed by atoms with Gasteiger partial charge >= 0.3 is 0 Å². The number of amides is 1. The highest BCUT2D eigenvalue weighted by Gasteiger charge is 2.27. The summed E-state index contributed by atoms with van der Waals surface area (Å²) in [6.45, 7) is 7.35. The second-order valence-corrected chi connectivity index (χ2v) is 6.51. The van der Waals surface area contributed by atoms with Gasteiger partial charge in [-0.15, -0.1) is 12.4 Å². The first-order chi connectivity index (χ1) is 7.92. The molecule has 1 aliphatic carbocycles. The maximum atomic E-state index is 11.8. The van der Waals surface area contributed by atoms with Crippen LogP contribution in [0.5, 0.6) is 0 Å². The molecular weight excluding hydrogens is 248 g/mol. The predicted octanol–water partition coefficient (Wildman–Crippen LogP) is 2.87. The summed E-state index contributed by atoms with van der Waals surface area (Å²) in [5.41, 5.74) is 6.03. The molecule has 4 heteroatoms. The zero-order valence-corrected chi connectivity index (χ0v) is 12.8. The summed E-state index contributed by atoms with van der Waals surface area (Å²) >= 11 is 0. The third-order valence-electron chi connectivity index (χ3n) is 3.64. The predicted molar refractivity (Wildman–Crippen MR) is 78.9 cm³/mol. The quantitative estimate of drug-likeness (QED) is 0.811. The Morgan fingerprint density at radius 1 is 1.33 bits per heavy atom. The van der Waals surface area contributed by atoms with Gasteiger partial charge in [0.25, 0.3) is 0 Å². The number of rotatable bonds is 5. The van der Waals surface area contributed by atoms with E-state index in [1.807, 2.05) is 0 Å². The van der Waals surface area contributed by atoms with Gasteiger partial charge in [0.2, 0.25) is 5.91 Å². The third-order valence-corrected chi connectivity index (χ3v) is 3.64. The lowest BCUT2D eigenvalue weighted by Crippen LogP contribution is -2.39. The molecule has 1 amide bonds. The van der Waals surface area contributed by atoms with Gasteiger partial charge in [0.1, 0.15) is 0 Å². The van der Waals surface area contributed by atoms with E-state index < -0.39 is 0 Å². The van der Waals surface area contributed by atoms with Crippen LogP contribution in [0.15, 0.2) is 0 Å². The first-order valence-corrected chi connectivity index (χ1v) is 6.92. The van der Waals surface area contributed by atoms with E-state index in [2.05, 4.69) is 26.1 Å². The van der Waals surface area contributed by atoms with E-state index in [-0.39, 0.29) is 18.3 Å². The number of hydrogen-bond donors (Lipinski definition) is 2. The van der Waals surface area contributed by atoms with Crippen LogP contribution in [-0.2, 0) is 4.79 Å². The van der Waals surface area contributed by atoms with Crippen molar-refractivity contribution in [2.75, 3.05) is 6.54 Å². The fourth-order valence-corrected chi connectivity index (χ4v) is 2.57. The van der Waals surface area contributed by atoms with Gasteiger partial charge in [0.15, 0.2) is 0 Å². The molecule has 1 saturated carbocycles. The second-order valence-electron chi connectivity index (χ2n) is 6.51. The fourth-order valence-electron chi connectivity index (χ4n) is 2.57. The first kappa shape index (κ1) is 17.7. The van der Waals surface area contributed by atoms with Crippen molar-refractivity contribution in [2.24, 2.45) is 17.1 Å². The SMILES string of the molecule is CC(C)(C)CCCC(=O)NC1CCCC1CN.Cl. The molecule has 1 rings (SSSR count). The van der Waals surface area contributed by atoms with Crippen LogP contribution >= 0.6 is 12.4 Å². The number of hydrogen-bond acceptors (Lipinski definition) is 2. The highest BCUT2D eigenvalue weighted by molar-refractivity contribution is 5.85. The monoisotopic (exact) mass is 276 g/mol. The van der Waals surface area contributed by atoms with Crippen LogP contribution in [0.3, 0.4) is 0 Å². The molecule has 18 heavy (non-hydrogen) atoms. The van der Waals surface area contributed by atoms with E-state index >= 15 is 0 Å². The molecule has 3 nitrogen and oxygen atoms in total. The second kappa shape index (κ2) is 8.00. The molecule has 0 aromatic carbocycles. The summed E-state index contributed by atoms with van der Waals surface area (Å²) in [7, 11) is 0. The van der Waals surface area contributed by atoms with Gasteiger partial charge in [-0.25, -0.2) is 0 Å². The van der Waals surface area contributed by atoms with Gasteiger partial charge in [-0.1, -0.05) is 27.2 Å². The molecule has 0 heterocycles. The molecule has 0 aromatic rings. The summed E-state index contributed by atoms with van der Waals surface area (Å²) in [5.74, 6) is 0.709. The van der Waals surface area contributed by atoms with E-state index in [0.717, 1.165) is 19.3 Å². The Hall–Kier alpha value is -0.280. The van der Waals surface area contributed by atoms with Gasteiger partial charge in [0, 0.05) is 12.5 Å². The van der Waals surface area contributed by atoms with E-state index in [1.165, 1.54) is 12.8 Å². The van der Waals surface area contributed by atoms with Crippen LogP contribution in [0, 0.1) is 11.3 Å². The van der Waals surface area contributed by atoms with E-state index in [4.69, 9.17) is 5.73 Å². The topological polar surface area (TPSA) is 55.1 Å². The molecular formula is C14H29ClN2O. The molecule has 1 aliphatic rings. The zero-order chi connectivity index (χ0) is 12.9. The van der Waals surface area contributed by atoms with Crippen molar-refractivity contribution in [1.82, 2.24) is 5.32 Å². The van der Waals surface area contributed by atoms with Gasteiger partial charge in [-0.3, -0.25) is 4.79 Å². The summed E-state index contributed by atoms with van der Waals surface area (Å²) in [4.78, 5) is 11.8. The largest absolute Gasteiger partial charge is 0.353 e. The third kappa shape index (κ3) is 6.60. The highest BCUT2D eigenvalue weighted by atomic mass is 35.5. The average Bonchev–Trinajstić information content (AvgIpc) is 2.63. The molecule has 0 bridgehead atoms. The Labute approximate surface area is 118 Å². The minimum atomic E-state index is 0. The summed E-state index contributed by atoms with van der Waals surface area (Å²) < 4.78 is 0. The lowest BCUT2D eigenvalue weighted by Gasteiger charge is -2.20. The van der Waals surface area contributed by atoms with Crippen LogP contribution in [0.4, 0.5) is 0 Å². The molecule has 108 valence electrons. The Kier molecular flexibility index (Phi) is 7.88. The van der Waals surface area contributed by atoms with Crippen molar-refractivity contribution in [3.63, 3.8) is 0 Å². The molecule has 0 radical (unpaired) electrons. The Morgan fingerprint density at radius 3 is 2.56 bits per heavy atom. The van der Waals surface area contributed by atoms with Gasteiger partial charge in [0.05, 0.1) is 0 Å². The van der Waals surface area contributed by atoms with E-state index in [9.17, 15) is 4.79 Å². The molecule has 2 atom stereocenters. The normalized spacial score (nSPS) is 23.6. The molecule has 1 fully saturated rings. The van der Waals surface area contributed by atoms with Gasteiger partial charge in [-0.2, -0.15) is 0 Å². The molecule has 0 aliphatic heterocycles. The van der Waals surface area contributed by atoms with Crippen LogP contribution < -0.4 is 11.1 Å². The minimum absolute atomic E-state index is 0. The molecule has 0 aromatic heterocycles. The zero-order valence-electron chi connectivity index (χ0n) is 12.0. The minimum Gasteiger partial charge on any atom is -0.353 e. The number of carbonyl (C=O) groups is 1. The first-order valence-electron chi connectivity index (χ1n) is 6.92. The van der Waals surface area contributed by atoms with Crippen molar-refractivity contribution in [3.05, 3.63) is 0 Å². The number of nitrogens with two attached hydrogens (primary N) is 1. The lowest BCUT2D eigenvalue weighted by molar-refractivity contribution is -0.122. The maximum Gasteiger partial charge on any atom is 0.220 e. The van der Waals surface area contributed by atoms with Crippen molar-refractivity contribution >= 4 is 18.3 Å². The number of halogens is 1. The summed E-state index contributed by atoms with van der Waals surface area (Å²) in [5, 5.41) is 3.15. The summed E-state index contributed by atoms with van der Waals surface area (Å²) in [6.07, 6.45) is 6.22. The van der Waals surface area contributed by atoms with Crippen LogP contribution in [0.1, 0.15) is 59.3 Å². The van der Waals surface area contributed by atoms with E-state index in [0.29, 0.717) is 30.3 Å². The van der Waals surface area contributed by atoms with Gasteiger partial charge in [-0.05, 0) is 43.6 Å². The Bertz CT molecular complexity index is 251. The lowest BCUT2D eigenvalue weighted by atomic mass is 9.90. The van der Waals surface area contributed by atoms with Crippen LogP contribution in [0.2, 0.25) is 0 Å². The number of carbonyl (C=O) groups excluding carboxylic acids is 1. The maximum absolute atomic E-state index is 11.8. The fraction of sp³-hybridized carbons (Fsp3) is 0.929. The highest BCUT2D eigenvalue weighted by Crippen LogP contribution is 2.25. The Morgan fingerprint density at radius 2 is 2.00 bits per heavy atom. The van der Waals surface area contributed by atoms with Gasteiger partial charge < -0.3 is 11.1 Å². The van der Waals surface area contributed by atoms with Crippen molar-refractivity contribution < 1.29 is 4.79 Å². The number of nitrogens with one attached hydrogen (secondary N) is 1. The van der Waals surface area contributed by atoms with E-state index in [1.54, 1.807) is 0 Å². The van der Waals surface area contributed by atoms with Crippen LogP contribution in [-0.4, -0.2) is 18.5 Å². The van der Waals surface area contributed by atoms with Crippen molar-refractivity contribution in [2.45, 2.75) is 65.3 Å². The molecule has 3 N–H and O–H groups in total. The van der Waals surface area contributed by atoms with Crippen molar-refractivity contribution in [3.8, 4) is 0 Å². The summed E-state index contributed by atoms with van der Waals surface area (Å²) in [6, 6.07) is 0.335. The smallest absolute Gasteiger partial charge is 0.220 e. The molecule has 0 saturated heterocycles.